The molecule has 0 N–H and O–H groups in total. The molecule has 1 fully saturated rings. The van der Waals surface area contributed by atoms with Gasteiger partial charge in [0.05, 0.1) is 6.04 Å². The predicted octanol–water partition coefficient (Wildman–Crippen LogP) is 2.69. The molecule has 0 saturated heterocycles. The molecule has 134 valence electrons. The zero-order valence-corrected chi connectivity index (χ0v) is 15.7. The summed E-state index contributed by atoms with van der Waals surface area (Å²) in [6.07, 6.45) is 7.17. The minimum atomic E-state index is -0.524. The summed E-state index contributed by atoms with van der Waals surface area (Å²) in [7, 11) is 5.56. The molecule has 0 bridgehead atoms. The topological polar surface area (TPSA) is 49.9 Å². The van der Waals surface area contributed by atoms with Crippen molar-refractivity contribution in [1.82, 2.24) is 9.80 Å². The molecule has 0 aromatic rings. The first kappa shape index (κ1) is 19.9. The van der Waals surface area contributed by atoms with E-state index in [0.29, 0.717) is 5.92 Å². The molecule has 5 heteroatoms. The van der Waals surface area contributed by atoms with Crippen molar-refractivity contribution in [3.05, 3.63) is 0 Å². The second-order valence-electron chi connectivity index (χ2n) is 8.00. The van der Waals surface area contributed by atoms with Crippen LogP contribution in [0, 0.1) is 5.92 Å². The summed E-state index contributed by atoms with van der Waals surface area (Å²) in [6.45, 7) is 5.50. The van der Waals surface area contributed by atoms with Gasteiger partial charge in [-0.3, -0.25) is 14.5 Å². The van der Waals surface area contributed by atoms with Crippen molar-refractivity contribution >= 4 is 11.9 Å². The first-order valence-corrected chi connectivity index (χ1v) is 8.73. The van der Waals surface area contributed by atoms with Crippen LogP contribution >= 0.6 is 0 Å². The van der Waals surface area contributed by atoms with E-state index >= 15 is 0 Å². The Morgan fingerprint density at radius 3 is 2.13 bits per heavy atom. The Bertz CT molecular complexity index is 396. The first-order chi connectivity index (χ1) is 10.6. The highest BCUT2D eigenvalue weighted by atomic mass is 16.6. The van der Waals surface area contributed by atoms with Crippen LogP contribution in [0.25, 0.3) is 0 Å². The number of amides is 1. The quantitative estimate of drug-likeness (QED) is 0.704. The molecule has 0 heterocycles. The molecule has 0 unspecified atom stereocenters. The van der Waals surface area contributed by atoms with E-state index < -0.39 is 5.60 Å². The Morgan fingerprint density at radius 2 is 1.65 bits per heavy atom. The second-order valence-corrected chi connectivity index (χ2v) is 8.00. The molecule has 1 saturated carbocycles. The molecule has 1 amide bonds. The fraction of sp³-hybridized carbons (Fsp3) is 0.889. The van der Waals surface area contributed by atoms with Gasteiger partial charge < -0.3 is 9.64 Å². The van der Waals surface area contributed by atoms with Crippen LogP contribution in [0.2, 0.25) is 0 Å². The van der Waals surface area contributed by atoms with Crippen LogP contribution in [0.4, 0.5) is 0 Å². The lowest BCUT2D eigenvalue weighted by Crippen LogP contribution is -2.47. The average molecular weight is 326 g/mol. The van der Waals surface area contributed by atoms with E-state index in [1.165, 1.54) is 37.0 Å². The largest absolute Gasteiger partial charge is 0.459 e. The zero-order chi connectivity index (χ0) is 17.6. The summed E-state index contributed by atoms with van der Waals surface area (Å²) >= 11 is 0. The SMILES string of the molecule is CN(CC(=O)OC(C)(C)C)C(=O)[C@H](CC1CCCCC1)N(C)C. The molecule has 0 aromatic heterocycles. The Kier molecular flexibility index (Phi) is 7.52. The van der Waals surface area contributed by atoms with Gasteiger partial charge in [0.25, 0.3) is 0 Å². The second kappa shape index (κ2) is 8.67. The number of rotatable bonds is 6. The zero-order valence-electron chi connectivity index (χ0n) is 15.7. The molecule has 1 aliphatic carbocycles. The lowest BCUT2D eigenvalue weighted by atomic mass is 9.84. The summed E-state index contributed by atoms with van der Waals surface area (Å²) in [5.74, 6) is 0.269. The third-order valence-corrected chi connectivity index (χ3v) is 4.35. The first-order valence-electron chi connectivity index (χ1n) is 8.73. The molecule has 0 aromatic carbocycles. The number of nitrogens with zero attached hydrogens (tertiary/aromatic N) is 2. The Labute approximate surface area is 141 Å². The lowest BCUT2D eigenvalue weighted by molar-refractivity contribution is -0.159. The van der Waals surface area contributed by atoms with Crippen molar-refractivity contribution in [1.29, 1.82) is 0 Å². The number of carbonyl (C=O) groups excluding carboxylic acids is 2. The standard InChI is InChI=1S/C18H34N2O3/c1-18(2,3)23-16(21)13-20(6)17(22)15(19(4)5)12-14-10-8-7-9-11-14/h14-15H,7-13H2,1-6H3/t15-/m0/s1. The van der Waals surface area contributed by atoms with Crippen molar-refractivity contribution in [3.63, 3.8) is 0 Å². The number of esters is 1. The van der Waals surface area contributed by atoms with Gasteiger partial charge >= 0.3 is 5.97 Å². The number of hydrogen-bond acceptors (Lipinski definition) is 4. The van der Waals surface area contributed by atoms with E-state index in [2.05, 4.69) is 0 Å². The van der Waals surface area contributed by atoms with E-state index in [9.17, 15) is 9.59 Å². The van der Waals surface area contributed by atoms with Gasteiger partial charge in [-0.25, -0.2) is 0 Å². The maximum absolute atomic E-state index is 12.7. The highest BCUT2D eigenvalue weighted by Gasteiger charge is 2.29. The molecule has 23 heavy (non-hydrogen) atoms. The summed E-state index contributed by atoms with van der Waals surface area (Å²) in [5, 5.41) is 0. The number of likely N-dealkylation sites (N-methyl/N-ethyl adjacent to an activating group) is 2. The molecule has 1 atom stereocenters. The maximum Gasteiger partial charge on any atom is 0.326 e. The monoisotopic (exact) mass is 326 g/mol. The van der Waals surface area contributed by atoms with Crippen LogP contribution in [0.5, 0.6) is 0 Å². The molecular weight excluding hydrogens is 292 g/mol. The van der Waals surface area contributed by atoms with Gasteiger partial charge in [0, 0.05) is 7.05 Å². The highest BCUT2D eigenvalue weighted by molar-refractivity contribution is 5.85. The van der Waals surface area contributed by atoms with Gasteiger partial charge in [-0.1, -0.05) is 32.1 Å². The van der Waals surface area contributed by atoms with Gasteiger partial charge in [0.2, 0.25) is 5.91 Å². The minimum Gasteiger partial charge on any atom is -0.459 e. The van der Waals surface area contributed by atoms with Crippen LogP contribution in [-0.2, 0) is 14.3 Å². The summed E-state index contributed by atoms with van der Waals surface area (Å²) in [6, 6.07) is -0.162. The normalized spacial score (nSPS) is 17.9. The molecular formula is C18H34N2O3. The van der Waals surface area contributed by atoms with Gasteiger partial charge in [-0.2, -0.15) is 0 Å². The Hall–Kier alpha value is -1.10. The van der Waals surface area contributed by atoms with Gasteiger partial charge in [0.15, 0.2) is 0 Å². The van der Waals surface area contributed by atoms with Crippen LogP contribution in [0.1, 0.15) is 59.3 Å². The summed E-state index contributed by atoms with van der Waals surface area (Å²) in [5.41, 5.74) is -0.524. The van der Waals surface area contributed by atoms with Crippen molar-refractivity contribution in [2.45, 2.75) is 70.9 Å². The van der Waals surface area contributed by atoms with Gasteiger partial charge in [-0.15, -0.1) is 0 Å². The molecule has 0 aliphatic heterocycles. The van der Waals surface area contributed by atoms with Crippen LogP contribution in [0.3, 0.4) is 0 Å². The van der Waals surface area contributed by atoms with E-state index in [0.717, 1.165) is 6.42 Å². The van der Waals surface area contributed by atoms with Crippen molar-refractivity contribution in [3.8, 4) is 0 Å². The van der Waals surface area contributed by atoms with E-state index in [1.54, 1.807) is 7.05 Å². The maximum atomic E-state index is 12.7. The van der Waals surface area contributed by atoms with Crippen LogP contribution < -0.4 is 0 Å². The molecule has 1 aliphatic rings. The van der Waals surface area contributed by atoms with Gasteiger partial charge in [0.1, 0.15) is 12.1 Å². The smallest absolute Gasteiger partial charge is 0.326 e. The third kappa shape index (κ3) is 7.34. The molecule has 1 rings (SSSR count). The lowest BCUT2D eigenvalue weighted by Gasteiger charge is -2.32. The van der Waals surface area contributed by atoms with Crippen molar-refractivity contribution in [2.24, 2.45) is 5.92 Å². The van der Waals surface area contributed by atoms with Crippen molar-refractivity contribution in [2.75, 3.05) is 27.7 Å². The number of carbonyl (C=O) groups is 2. The molecule has 0 radical (unpaired) electrons. The Morgan fingerprint density at radius 1 is 1.09 bits per heavy atom. The molecule has 0 spiro atoms. The number of hydrogen-bond donors (Lipinski definition) is 0. The highest BCUT2D eigenvalue weighted by Crippen LogP contribution is 2.28. The fourth-order valence-corrected chi connectivity index (χ4v) is 3.17. The van der Waals surface area contributed by atoms with Gasteiger partial charge in [-0.05, 0) is 47.2 Å². The van der Waals surface area contributed by atoms with E-state index in [4.69, 9.17) is 4.74 Å². The van der Waals surface area contributed by atoms with Crippen molar-refractivity contribution < 1.29 is 14.3 Å². The summed E-state index contributed by atoms with van der Waals surface area (Å²) in [4.78, 5) is 28.1. The van der Waals surface area contributed by atoms with E-state index in [1.807, 2.05) is 39.8 Å². The summed E-state index contributed by atoms with van der Waals surface area (Å²) < 4.78 is 5.30. The van der Waals surface area contributed by atoms with Crippen LogP contribution in [0.15, 0.2) is 0 Å². The fourth-order valence-electron chi connectivity index (χ4n) is 3.17. The minimum absolute atomic E-state index is 0.00507. The molecule has 5 nitrogen and oxygen atoms in total. The predicted molar refractivity (Wildman–Crippen MR) is 92.1 cm³/mol. The Balaban J connectivity index is 2.59. The van der Waals surface area contributed by atoms with Crippen LogP contribution in [-0.4, -0.2) is 61.0 Å². The number of ether oxygens (including phenoxy) is 1. The van der Waals surface area contributed by atoms with E-state index in [-0.39, 0.29) is 24.5 Å². The average Bonchev–Trinajstić information content (AvgIpc) is 2.42. The third-order valence-electron chi connectivity index (χ3n) is 4.35.